The minimum Gasteiger partial charge on any atom is -0.313 e. The van der Waals surface area contributed by atoms with Crippen LogP contribution in [0.15, 0.2) is 29.2 Å². The summed E-state index contributed by atoms with van der Waals surface area (Å²) in [5.74, 6) is 1.79. The predicted molar refractivity (Wildman–Crippen MR) is 76.5 cm³/mol. The predicted octanol–water partition coefficient (Wildman–Crippen LogP) is 4.09. The van der Waals surface area contributed by atoms with Crippen molar-refractivity contribution in [1.82, 2.24) is 5.32 Å². The van der Waals surface area contributed by atoms with Gasteiger partial charge in [-0.2, -0.15) is 0 Å². The number of benzene rings is 1. The molecule has 100 valence electrons. The van der Waals surface area contributed by atoms with Gasteiger partial charge in [0.1, 0.15) is 5.82 Å². The maximum absolute atomic E-state index is 13.5. The summed E-state index contributed by atoms with van der Waals surface area (Å²) in [6.07, 6.45) is 5.18. The van der Waals surface area contributed by atoms with Gasteiger partial charge < -0.3 is 5.32 Å². The molecule has 0 radical (unpaired) electrons. The first-order chi connectivity index (χ1) is 8.79. The Morgan fingerprint density at radius 2 is 2.17 bits per heavy atom. The number of hydrogen-bond acceptors (Lipinski definition) is 2. The van der Waals surface area contributed by atoms with E-state index in [0.29, 0.717) is 6.04 Å². The fourth-order valence-corrected chi connectivity index (χ4v) is 3.08. The van der Waals surface area contributed by atoms with E-state index in [0.717, 1.165) is 29.5 Å². The van der Waals surface area contributed by atoms with Gasteiger partial charge in [-0.15, -0.1) is 11.8 Å². The highest BCUT2D eigenvalue weighted by Crippen LogP contribution is 2.34. The van der Waals surface area contributed by atoms with Crippen LogP contribution in [0.5, 0.6) is 0 Å². The van der Waals surface area contributed by atoms with Crippen molar-refractivity contribution in [3.63, 3.8) is 0 Å². The third-order valence-electron chi connectivity index (χ3n) is 3.27. The lowest BCUT2D eigenvalue weighted by Crippen LogP contribution is -2.32. The first-order valence-electron chi connectivity index (χ1n) is 6.90. The van der Waals surface area contributed by atoms with Gasteiger partial charge in [0.05, 0.1) is 0 Å². The van der Waals surface area contributed by atoms with Crippen molar-refractivity contribution in [2.75, 3.05) is 12.3 Å². The van der Waals surface area contributed by atoms with Gasteiger partial charge in [0, 0.05) is 16.7 Å². The van der Waals surface area contributed by atoms with Gasteiger partial charge in [-0.1, -0.05) is 31.9 Å². The average molecular weight is 267 g/mol. The molecule has 0 aliphatic heterocycles. The van der Waals surface area contributed by atoms with Crippen LogP contribution in [-0.4, -0.2) is 18.3 Å². The fraction of sp³-hybridized carbons (Fsp3) is 0.600. The van der Waals surface area contributed by atoms with Gasteiger partial charge >= 0.3 is 0 Å². The van der Waals surface area contributed by atoms with E-state index in [9.17, 15) is 4.39 Å². The van der Waals surface area contributed by atoms with Gasteiger partial charge in [-0.3, -0.25) is 0 Å². The first kappa shape index (κ1) is 13.9. The van der Waals surface area contributed by atoms with Gasteiger partial charge in [0.15, 0.2) is 0 Å². The second-order valence-electron chi connectivity index (χ2n) is 5.07. The third-order valence-corrected chi connectivity index (χ3v) is 4.49. The Kier molecular flexibility index (Phi) is 5.51. The van der Waals surface area contributed by atoms with Crippen LogP contribution in [0.4, 0.5) is 4.39 Å². The maximum atomic E-state index is 13.5. The van der Waals surface area contributed by atoms with Gasteiger partial charge in [-0.25, -0.2) is 4.39 Å². The average Bonchev–Trinajstić information content (AvgIpc) is 3.18. The SMILES string of the molecule is CCCNC(CSc1ccccc1F)CC1CC1. The molecule has 1 atom stereocenters. The fourth-order valence-electron chi connectivity index (χ4n) is 2.07. The molecule has 1 saturated carbocycles. The Hall–Kier alpha value is -0.540. The molecule has 0 spiro atoms. The number of rotatable bonds is 8. The normalized spacial score (nSPS) is 16.8. The monoisotopic (exact) mass is 267 g/mol. The summed E-state index contributed by atoms with van der Waals surface area (Å²) in [7, 11) is 0. The van der Waals surface area contributed by atoms with E-state index in [1.165, 1.54) is 25.3 Å². The number of nitrogens with one attached hydrogen (secondary N) is 1. The van der Waals surface area contributed by atoms with Crippen molar-refractivity contribution in [2.45, 2.75) is 43.5 Å². The van der Waals surface area contributed by atoms with Crippen molar-refractivity contribution in [3.05, 3.63) is 30.1 Å². The highest BCUT2D eigenvalue weighted by Gasteiger charge is 2.25. The highest BCUT2D eigenvalue weighted by molar-refractivity contribution is 7.99. The molecule has 1 aromatic rings. The smallest absolute Gasteiger partial charge is 0.136 e. The molecular formula is C15H22FNS. The van der Waals surface area contributed by atoms with Crippen LogP contribution in [0.3, 0.4) is 0 Å². The Labute approximate surface area is 114 Å². The van der Waals surface area contributed by atoms with Crippen molar-refractivity contribution >= 4 is 11.8 Å². The summed E-state index contributed by atoms with van der Waals surface area (Å²) in [4.78, 5) is 0.775. The molecule has 1 fully saturated rings. The molecule has 1 aliphatic carbocycles. The topological polar surface area (TPSA) is 12.0 Å². The van der Waals surface area contributed by atoms with Gasteiger partial charge in [0.25, 0.3) is 0 Å². The minimum absolute atomic E-state index is 0.0943. The minimum atomic E-state index is -0.0943. The summed E-state index contributed by atoms with van der Waals surface area (Å²) in [5.41, 5.74) is 0. The van der Waals surface area contributed by atoms with Crippen molar-refractivity contribution < 1.29 is 4.39 Å². The molecule has 1 N–H and O–H groups in total. The van der Waals surface area contributed by atoms with E-state index in [1.807, 2.05) is 12.1 Å². The number of hydrogen-bond donors (Lipinski definition) is 1. The molecule has 0 heterocycles. The summed E-state index contributed by atoms with van der Waals surface area (Å²) in [6.45, 7) is 3.25. The molecule has 0 amide bonds. The van der Waals surface area contributed by atoms with Crippen LogP contribution >= 0.6 is 11.8 Å². The van der Waals surface area contributed by atoms with E-state index in [1.54, 1.807) is 17.8 Å². The number of thioether (sulfide) groups is 1. The van der Waals surface area contributed by atoms with Crippen LogP contribution in [0.25, 0.3) is 0 Å². The summed E-state index contributed by atoms with van der Waals surface area (Å²) < 4.78 is 13.5. The summed E-state index contributed by atoms with van der Waals surface area (Å²) in [5, 5.41) is 3.59. The standard InChI is InChI=1S/C15H22FNS/c1-2-9-17-13(10-12-7-8-12)11-18-15-6-4-3-5-14(15)16/h3-6,12-13,17H,2,7-11H2,1H3. The lowest BCUT2D eigenvalue weighted by atomic mass is 10.1. The number of halogens is 1. The Morgan fingerprint density at radius 3 is 2.83 bits per heavy atom. The van der Waals surface area contributed by atoms with Crippen LogP contribution < -0.4 is 5.32 Å². The molecule has 3 heteroatoms. The van der Waals surface area contributed by atoms with Crippen LogP contribution in [-0.2, 0) is 0 Å². The van der Waals surface area contributed by atoms with Crippen LogP contribution in [0, 0.1) is 11.7 Å². The molecule has 0 bridgehead atoms. The molecule has 0 aromatic heterocycles. The van der Waals surface area contributed by atoms with E-state index in [2.05, 4.69) is 12.2 Å². The zero-order valence-corrected chi connectivity index (χ0v) is 11.8. The molecule has 18 heavy (non-hydrogen) atoms. The second kappa shape index (κ2) is 7.15. The second-order valence-corrected chi connectivity index (χ2v) is 6.13. The lowest BCUT2D eigenvalue weighted by molar-refractivity contribution is 0.494. The van der Waals surface area contributed by atoms with Crippen molar-refractivity contribution in [3.8, 4) is 0 Å². The van der Waals surface area contributed by atoms with E-state index in [-0.39, 0.29) is 5.82 Å². The van der Waals surface area contributed by atoms with Crippen LogP contribution in [0.2, 0.25) is 0 Å². The molecule has 2 rings (SSSR count). The van der Waals surface area contributed by atoms with Crippen molar-refractivity contribution in [1.29, 1.82) is 0 Å². The zero-order valence-electron chi connectivity index (χ0n) is 11.0. The van der Waals surface area contributed by atoms with Crippen molar-refractivity contribution in [2.24, 2.45) is 5.92 Å². The van der Waals surface area contributed by atoms with E-state index in [4.69, 9.17) is 0 Å². The maximum Gasteiger partial charge on any atom is 0.136 e. The summed E-state index contributed by atoms with van der Waals surface area (Å²) >= 11 is 1.64. The zero-order chi connectivity index (χ0) is 12.8. The Balaban J connectivity index is 1.81. The molecule has 0 saturated heterocycles. The Morgan fingerprint density at radius 1 is 1.39 bits per heavy atom. The quantitative estimate of drug-likeness (QED) is 0.712. The van der Waals surface area contributed by atoms with Gasteiger partial charge in [0.2, 0.25) is 0 Å². The van der Waals surface area contributed by atoms with Gasteiger partial charge in [-0.05, 0) is 37.4 Å². The lowest BCUT2D eigenvalue weighted by Gasteiger charge is -2.18. The third kappa shape index (κ3) is 4.62. The molecule has 1 aromatic carbocycles. The van der Waals surface area contributed by atoms with Crippen LogP contribution in [0.1, 0.15) is 32.6 Å². The summed E-state index contributed by atoms with van der Waals surface area (Å²) in [6, 6.07) is 7.59. The molecular weight excluding hydrogens is 245 g/mol. The molecule has 1 nitrogen and oxygen atoms in total. The molecule has 1 aliphatic rings. The van der Waals surface area contributed by atoms with E-state index < -0.39 is 0 Å². The molecule has 1 unspecified atom stereocenters. The largest absolute Gasteiger partial charge is 0.313 e. The van der Waals surface area contributed by atoms with E-state index >= 15 is 0 Å². The first-order valence-corrected chi connectivity index (χ1v) is 7.89. The Bertz CT molecular complexity index is 365. The highest BCUT2D eigenvalue weighted by atomic mass is 32.2.